The first-order chi connectivity index (χ1) is 7.77. The lowest BCUT2D eigenvalue weighted by molar-refractivity contribution is 0.962. The van der Waals surface area contributed by atoms with E-state index in [9.17, 15) is 0 Å². The summed E-state index contributed by atoms with van der Waals surface area (Å²) in [5, 5.41) is 5.41. The summed E-state index contributed by atoms with van der Waals surface area (Å²) in [5.41, 5.74) is 4.08. The maximum absolute atomic E-state index is 4.52. The lowest BCUT2D eigenvalue weighted by atomic mass is 10.3. The van der Waals surface area contributed by atoms with Gasteiger partial charge in [0, 0.05) is 17.1 Å². The molecule has 4 heteroatoms. The summed E-state index contributed by atoms with van der Waals surface area (Å²) in [4.78, 5) is 7.69. The van der Waals surface area contributed by atoms with Crippen molar-refractivity contribution >= 4 is 16.7 Å². The summed E-state index contributed by atoms with van der Waals surface area (Å²) in [6.07, 6.45) is 3.75. The van der Waals surface area contributed by atoms with Crippen LogP contribution in [0.3, 0.4) is 0 Å². The predicted octanol–water partition coefficient (Wildman–Crippen LogP) is 2.85. The summed E-state index contributed by atoms with van der Waals surface area (Å²) in [5.74, 6) is 0. The van der Waals surface area contributed by atoms with E-state index in [1.54, 1.807) is 0 Å². The molecule has 0 spiro atoms. The van der Waals surface area contributed by atoms with Crippen LogP contribution in [0.4, 0.5) is 0 Å². The number of hydrogen-bond donors (Lipinski definition) is 1. The highest BCUT2D eigenvalue weighted by Gasteiger charge is 2.08. The van der Waals surface area contributed by atoms with Crippen LogP contribution < -0.4 is 0 Å². The average molecular weight is 216 g/mol. The molecule has 0 saturated carbocycles. The van der Waals surface area contributed by atoms with Crippen LogP contribution in [-0.2, 0) is 0 Å². The third kappa shape index (κ3) is 1.38. The smallest absolute Gasteiger partial charge is 0.160 e. The van der Waals surface area contributed by atoms with E-state index in [0.717, 1.165) is 27.9 Å². The van der Waals surface area contributed by atoms with Gasteiger partial charge < -0.3 is 4.98 Å². The number of aryl methyl sites for hydroxylation is 2. The van der Waals surface area contributed by atoms with Crippen molar-refractivity contribution in [1.82, 2.24) is 19.6 Å². The molecule has 0 amide bonds. The average Bonchev–Trinajstić information content (AvgIpc) is 2.90. The Hall–Kier alpha value is -1.84. The molecule has 0 aliphatic rings. The highest BCUT2D eigenvalue weighted by molar-refractivity contribution is 5.80. The number of aromatic amines is 1. The fraction of sp³-hybridized carbons (Fsp3) is 0.333. The van der Waals surface area contributed by atoms with E-state index >= 15 is 0 Å². The van der Waals surface area contributed by atoms with Gasteiger partial charge in [-0.25, -0.2) is 4.98 Å². The quantitative estimate of drug-likeness (QED) is 0.628. The third-order valence-electron chi connectivity index (χ3n) is 2.52. The van der Waals surface area contributed by atoms with Gasteiger partial charge in [0.15, 0.2) is 5.65 Å². The standard InChI is InChI=1S/C10H10N4.C2H6/c1-6-5-12-14-9(6)13-7(2)8-3-4-11-10(8)14;1-2/h3-5,11H,1-2H3;1-2H3. The molecule has 0 bridgehead atoms. The molecule has 3 rings (SSSR count). The van der Waals surface area contributed by atoms with E-state index in [1.165, 1.54) is 0 Å². The van der Waals surface area contributed by atoms with Gasteiger partial charge >= 0.3 is 0 Å². The van der Waals surface area contributed by atoms with E-state index < -0.39 is 0 Å². The molecule has 0 aliphatic carbocycles. The minimum absolute atomic E-state index is 0.928. The van der Waals surface area contributed by atoms with Gasteiger partial charge in [-0.3, -0.25) is 0 Å². The minimum Gasteiger partial charge on any atom is -0.346 e. The topological polar surface area (TPSA) is 46.0 Å². The van der Waals surface area contributed by atoms with E-state index in [1.807, 2.05) is 50.7 Å². The molecule has 3 heterocycles. The Labute approximate surface area is 94.3 Å². The summed E-state index contributed by atoms with van der Waals surface area (Å²) in [6, 6.07) is 2.02. The lowest BCUT2D eigenvalue weighted by Gasteiger charge is -1.99. The number of fused-ring (bicyclic) bond motifs is 3. The SMILES string of the molecule is CC.Cc1nc2c(C)cnn2c2[nH]ccc12. The van der Waals surface area contributed by atoms with Crippen molar-refractivity contribution in [2.75, 3.05) is 0 Å². The zero-order valence-corrected chi connectivity index (χ0v) is 10.1. The first kappa shape index (κ1) is 10.7. The number of hydrogen-bond acceptors (Lipinski definition) is 2. The molecule has 0 unspecified atom stereocenters. The Morgan fingerprint density at radius 3 is 2.75 bits per heavy atom. The van der Waals surface area contributed by atoms with Crippen molar-refractivity contribution in [3.63, 3.8) is 0 Å². The normalized spacial score (nSPS) is 10.5. The van der Waals surface area contributed by atoms with Gasteiger partial charge in [-0.2, -0.15) is 9.61 Å². The van der Waals surface area contributed by atoms with Crippen LogP contribution in [0.1, 0.15) is 25.1 Å². The zero-order chi connectivity index (χ0) is 11.7. The molecule has 0 atom stereocenters. The van der Waals surface area contributed by atoms with Crippen molar-refractivity contribution in [2.45, 2.75) is 27.7 Å². The van der Waals surface area contributed by atoms with Gasteiger partial charge in [-0.05, 0) is 19.9 Å². The Bertz CT molecular complexity index is 618. The number of rotatable bonds is 0. The summed E-state index contributed by atoms with van der Waals surface area (Å²) < 4.78 is 1.84. The Balaban J connectivity index is 0.000000457. The van der Waals surface area contributed by atoms with Crippen LogP contribution in [0.15, 0.2) is 18.5 Å². The van der Waals surface area contributed by atoms with Crippen LogP contribution >= 0.6 is 0 Å². The highest BCUT2D eigenvalue weighted by Crippen LogP contribution is 2.18. The third-order valence-corrected chi connectivity index (χ3v) is 2.52. The Kier molecular flexibility index (Phi) is 2.64. The predicted molar refractivity (Wildman–Crippen MR) is 65.7 cm³/mol. The fourth-order valence-corrected chi connectivity index (χ4v) is 1.77. The molecule has 0 aliphatic heterocycles. The van der Waals surface area contributed by atoms with Crippen LogP contribution in [0.25, 0.3) is 16.7 Å². The maximum Gasteiger partial charge on any atom is 0.160 e. The second-order valence-electron chi connectivity index (χ2n) is 3.50. The van der Waals surface area contributed by atoms with Crippen molar-refractivity contribution in [1.29, 1.82) is 0 Å². The molecule has 16 heavy (non-hydrogen) atoms. The fourth-order valence-electron chi connectivity index (χ4n) is 1.77. The molecule has 3 aromatic heterocycles. The molecule has 4 nitrogen and oxygen atoms in total. The summed E-state index contributed by atoms with van der Waals surface area (Å²) in [6.45, 7) is 8.03. The van der Waals surface area contributed by atoms with Gasteiger partial charge in [0.1, 0.15) is 5.65 Å². The Morgan fingerprint density at radius 2 is 2.00 bits per heavy atom. The van der Waals surface area contributed by atoms with E-state index in [2.05, 4.69) is 15.1 Å². The lowest BCUT2D eigenvalue weighted by Crippen LogP contribution is -1.95. The number of aromatic nitrogens is 4. The molecule has 0 fully saturated rings. The zero-order valence-electron chi connectivity index (χ0n) is 10.1. The second kappa shape index (κ2) is 3.96. The number of H-pyrrole nitrogens is 1. The second-order valence-corrected chi connectivity index (χ2v) is 3.50. The van der Waals surface area contributed by atoms with E-state index in [4.69, 9.17) is 0 Å². The molecule has 0 aromatic carbocycles. The molecular formula is C12H16N4. The van der Waals surface area contributed by atoms with Crippen LogP contribution in [0.5, 0.6) is 0 Å². The minimum atomic E-state index is 0.928. The first-order valence-electron chi connectivity index (χ1n) is 5.55. The molecule has 0 saturated heterocycles. The maximum atomic E-state index is 4.52. The molecule has 1 N–H and O–H groups in total. The van der Waals surface area contributed by atoms with Crippen molar-refractivity contribution in [3.8, 4) is 0 Å². The van der Waals surface area contributed by atoms with Gasteiger partial charge in [0.2, 0.25) is 0 Å². The van der Waals surface area contributed by atoms with Crippen molar-refractivity contribution in [3.05, 3.63) is 29.7 Å². The van der Waals surface area contributed by atoms with Gasteiger partial charge in [0.25, 0.3) is 0 Å². The largest absolute Gasteiger partial charge is 0.346 e. The van der Waals surface area contributed by atoms with Crippen LogP contribution in [-0.4, -0.2) is 19.6 Å². The molecular weight excluding hydrogens is 200 g/mol. The van der Waals surface area contributed by atoms with Crippen LogP contribution in [0, 0.1) is 13.8 Å². The summed E-state index contributed by atoms with van der Waals surface area (Å²) >= 11 is 0. The number of nitrogens with zero attached hydrogens (tertiary/aromatic N) is 3. The highest BCUT2D eigenvalue weighted by atomic mass is 15.3. The monoisotopic (exact) mass is 216 g/mol. The molecule has 3 aromatic rings. The van der Waals surface area contributed by atoms with Crippen molar-refractivity contribution in [2.24, 2.45) is 0 Å². The van der Waals surface area contributed by atoms with Gasteiger partial charge in [0.05, 0.1) is 11.9 Å². The van der Waals surface area contributed by atoms with E-state index in [0.29, 0.717) is 0 Å². The molecule has 84 valence electrons. The Morgan fingerprint density at radius 1 is 1.25 bits per heavy atom. The van der Waals surface area contributed by atoms with E-state index in [-0.39, 0.29) is 0 Å². The number of nitrogens with one attached hydrogen (secondary N) is 1. The first-order valence-corrected chi connectivity index (χ1v) is 5.55. The van der Waals surface area contributed by atoms with Gasteiger partial charge in [-0.1, -0.05) is 13.8 Å². The summed E-state index contributed by atoms with van der Waals surface area (Å²) in [7, 11) is 0. The molecule has 0 radical (unpaired) electrons. The van der Waals surface area contributed by atoms with Crippen molar-refractivity contribution < 1.29 is 0 Å². The van der Waals surface area contributed by atoms with Gasteiger partial charge in [-0.15, -0.1) is 0 Å². The van der Waals surface area contributed by atoms with Crippen LogP contribution in [0.2, 0.25) is 0 Å².